The van der Waals surface area contributed by atoms with Crippen molar-refractivity contribution >= 4 is 5.97 Å². The first-order chi connectivity index (χ1) is 13.1. The van der Waals surface area contributed by atoms with Gasteiger partial charge in [0, 0.05) is 5.41 Å². The number of hydrogen-bond donors (Lipinski definition) is 0. The molecular weight excluding hydrogens is 346 g/mol. The first-order valence-corrected chi connectivity index (χ1v) is 8.75. The molecule has 6 nitrogen and oxygen atoms in total. The summed E-state index contributed by atoms with van der Waals surface area (Å²) in [6.07, 6.45) is 1.02. The molecule has 0 aliphatic carbocycles. The highest BCUT2D eigenvalue weighted by molar-refractivity contribution is 5.91. The molecule has 1 heterocycles. The zero-order valence-electron chi connectivity index (χ0n) is 15.1. The maximum atomic E-state index is 12.2. The van der Waals surface area contributed by atoms with E-state index in [4.69, 9.17) is 24.2 Å². The third-order valence-corrected chi connectivity index (χ3v) is 4.57. The van der Waals surface area contributed by atoms with Crippen molar-refractivity contribution in [2.75, 3.05) is 26.6 Å². The van der Waals surface area contributed by atoms with Crippen LogP contribution in [0, 0.1) is 16.7 Å². The summed E-state index contributed by atoms with van der Waals surface area (Å²) in [4.78, 5) is 12.2. The highest BCUT2D eigenvalue weighted by Crippen LogP contribution is 2.31. The number of rotatable bonds is 8. The average Bonchev–Trinajstić information content (AvgIpc) is 2.68. The van der Waals surface area contributed by atoms with Crippen molar-refractivity contribution in [3.63, 3.8) is 0 Å². The lowest BCUT2D eigenvalue weighted by Gasteiger charge is -2.40. The van der Waals surface area contributed by atoms with Crippen LogP contribution in [-0.4, -0.2) is 32.6 Å². The minimum atomic E-state index is -0.475. The van der Waals surface area contributed by atoms with Crippen molar-refractivity contribution in [1.82, 2.24) is 0 Å². The summed E-state index contributed by atoms with van der Waals surface area (Å²) >= 11 is 0. The Morgan fingerprint density at radius 3 is 2.33 bits per heavy atom. The number of hydrogen-bond acceptors (Lipinski definition) is 6. The Balaban J connectivity index is 1.46. The quantitative estimate of drug-likeness (QED) is 0.307. The smallest absolute Gasteiger partial charge is 0.343 e. The van der Waals surface area contributed by atoms with E-state index >= 15 is 0 Å². The maximum Gasteiger partial charge on any atom is 0.343 e. The van der Waals surface area contributed by atoms with Gasteiger partial charge in [0.05, 0.1) is 37.0 Å². The molecule has 1 aliphatic heterocycles. The SMILES string of the molecule is CCC1(COCOc2ccc(C(=O)Oc3ccc(C#N)cc3)cc2)COC1. The molecule has 140 valence electrons. The van der Waals surface area contributed by atoms with Gasteiger partial charge in [-0.1, -0.05) is 6.92 Å². The first-order valence-electron chi connectivity index (χ1n) is 8.75. The van der Waals surface area contributed by atoms with Crippen LogP contribution in [0.15, 0.2) is 48.5 Å². The van der Waals surface area contributed by atoms with E-state index in [9.17, 15) is 4.79 Å². The van der Waals surface area contributed by atoms with Crippen LogP contribution < -0.4 is 9.47 Å². The second kappa shape index (κ2) is 8.67. The van der Waals surface area contributed by atoms with Crippen LogP contribution >= 0.6 is 0 Å². The molecule has 0 radical (unpaired) electrons. The van der Waals surface area contributed by atoms with E-state index in [0.29, 0.717) is 29.2 Å². The molecule has 2 aromatic rings. The molecule has 2 aromatic carbocycles. The van der Waals surface area contributed by atoms with Gasteiger partial charge in [-0.3, -0.25) is 0 Å². The number of ether oxygens (including phenoxy) is 4. The highest BCUT2D eigenvalue weighted by Gasteiger charge is 2.37. The van der Waals surface area contributed by atoms with E-state index in [-0.39, 0.29) is 12.2 Å². The Hall–Kier alpha value is -2.88. The molecule has 0 amide bonds. The Labute approximate surface area is 158 Å². The maximum absolute atomic E-state index is 12.2. The predicted molar refractivity (Wildman–Crippen MR) is 97.5 cm³/mol. The minimum Gasteiger partial charge on any atom is -0.468 e. The van der Waals surface area contributed by atoms with Crippen LogP contribution in [0.4, 0.5) is 0 Å². The summed E-state index contributed by atoms with van der Waals surface area (Å²) < 4.78 is 21.7. The van der Waals surface area contributed by atoms with Gasteiger partial charge in [0.2, 0.25) is 0 Å². The molecule has 6 heteroatoms. The Morgan fingerprint density at radius 1 is 1.11 bits per heavy atom. The van der Waals surface area contributed by atoms with Crippen molar-refractivity contribution in [2.45, 2.75) is 13.3 Å². The van der Waals surface area contributed by atoms with Gasteiger partial charge in [0.25, 0.3) is 0 Å². The Kier molecular flexibility index (Phi) is 6.07. The van der Waals surface area contributed by atoms with Gasteiger partial charge >= 0.3 is 5.97 Å². The molecule has 1 fully saturated rings. The normalized spacial score (nSPS) is 14.7. The number of esters is 1. The summed E-state index contributed by atoms with van der Waals surface area (Å²) in [7, 11) is 0. The zero-order chi connectivity index (χ0) is 19.1. The van der Waals surface area contributed by atoms with Crippen molar-refractivity contribution in [1.29, 1.82) is 5.26 Å². The lowest BCUT2D eigenvalue weighted by Crippen LogP contribution is -2.45. The van der Waals surface area contributed by atoms with Crippen LogP contribution in [0.1, 0.15) is 29.3 Å². The molecule has 0 bridgehead atoms. The Bertz CT molecular complexity index is 798. The summed E-state index contributed by atoms with van der Waals surface area (Å²) in [6.45, 7) is 4.36. The fourth-order valence-corrected chi connectivity index (χ4v) is 2.60. The summed E-state index contributed by atoms with van der Waals surface area (Å²) in [5.41, 5.74) is 1.04. The van der Waals surface area contributed by atoms with Crippen molar-refractivity contribution in [3.05, 3.63) is 59.7 Å². The molecule has 1 saturated heterocycles. The van der Waals surface area contributed by atoms with Gasteiger partial charge in [-0.2, -0.15) is 5.26 Å². The molecule has 0 atom stereocenters. The molecule has 3 rings (SSSR count). The largest absolute Gasteiger partial charge is 0.468 e. The van der Waals surface area contributed by atoms with Crippen LogP contribution in [0.2, 0.25) is 0 Å². The van der Waals surface area contributed by atoms with Gasteiger partial charge in [-0.05, 0) is 55.0 Å². The number of carbonyl (C=O) groups excluding carboxylic acids is 1. The van der Waals surface area contributed by atoms with Gasteiger partial charge in [-0.25, -0.2) is 4.79 Å². The fourth-order valence-electron chi connectivity index (χ4n) is 2.60. The van der Waals surface area contributed by atoms with Crippen LogP contribution in [0.25, 0.3) is 0 Å². The van der Waals surface area contributed by atoms with Crippen LogP contribution in [0.5, 0.6) is 11.5 Å². The highest BCUT2D eigenvalue weighted by atomic mass is 16.7. The lowest BCUT2D eigenvalue weighted by atomic mass is 9.84. The van der Waals surface area contributed by atoms with Gasteiger partial charge in [0.1, 0.15) is 11.5 Å². The molecule has 0 spiro atoms. The molecule has 0 unspecified atom stereocenters. The van der Waals surface area contributed by atoms with E-state index in [0.717, 1.165) is 19.6 Å². The summed E-state index contributed by atoms with van der Waals surface area (Å²) in [5.74, 6) is 0.523. The van der Waals surface area contributed by atoms with E-state index in [1.807, 2.05) is 6.07 Å². The topological polar surface area (TPSA) is 77.8 Å². The molecular formula is C21H21NO5. The minimum absolute atomic E-state index is 0.127. The first kappa shape index (κ1) is 18.9. The van der Waals surface area contributed by atoms with Crippen LogP contribution in [0.3, 0.4) is 0 Å². The van der Waals surface area contributed by atoms with Crippen molar-refractivity contribution in [3.8, 4) is 17.6 Å². The molecule has 1 aliphatic rings. The van der Waals surface area contributed by atoms with Crippen molar-refractivity contribution in [2.24, 2.45) is 5.41 Å². The number of carbonyl (C=O) groups is 1. The number of nitrogens with zero attached hydrogens (tertiary/aromatic N) is 1. The number of nitriles is 1. The monoisotopic (exact) mass is 367 g/mol. The molecule has 27 heavy (non-hydrogen) atoms. The average molecular weight is 367 g/mol. The van der Waals surface area contributed by atoms with E-state index in [2.05, 4.69) is 6.92 Å². The second-order valence-electron chi connectivity index (χ2n) is 6.51. The third-order valence-electron chi connectivity index (χ3n) is 4.57. The summed E-state index contributed by atoms with van der Waals surface area (Å²) in [6, 6.07) is 15.0. The third kappa shape index (κ3) is 4.85. The Morgan fingerprint density at radius 2 is 1.78 bits per heavy atom. The predicted octanol–water partition coefficient (Wildman–Crippen LogP) is 3.56. The molecule has 0 N–H and O–H groups in total. The van der Waals surface area contributed by atoms with E-state index in [1.165, 1.54) is 0 Å². The van der Waals surface area contributed by atoms with Gasteiger partial charge < -0.3 is 18.9 Å². The molecule has 0 aromatic heterocycles. The van der Waals surface area contributed by atoms with E-state index in [1.54, 1.807) is 48.5 Å². The standard InChI is InChI=1S/C21H21NO5/c1-2-21(12-24-13-21)14-25-15-26-18-9-5-17(6-10-18)20(23)27-19-7-3-16(11-22)4-8-19/h3-10H,2,12-15H2,1H3. The second-order valence-corrected chi connectivity index (χ2v) is 6.51. The lowest BCUT2D eigenvalue weighted by molar-refractivity contribution is -0.162. The van der Waals surface area contributed by atoms with Crippen LogP contribution in [-0.2, 0) is 9.47 Å². The van der Waals surface area contributed by atoms with Gasteiger partial charge in [-0.15, -0.1) is 0 Å². The zero-order valence-corrected chi connectivity index (χ0v) is 15.1. The number of benzene rings is 2. The molecule has 0 saturated carbocycles. The van der Waals surface area contributed by atoms with Gasteiger partial charge in [0.15, 0.2) is 6.79 Å². The van der Waals surface area contributed by atoms with E-state index < -0.39 is 5.97 Å². The van der Waals surface area contributed by atoms with Crippen molar-refractivity contribution < 1.29 is 23.7 Å². The summed E-state index contributed by atoms with van der Waals surface area (Å²) in [5, 5.41) is 8.78. The fraction of sp³-hybridized carbons (Fsp3) is 0.333.